The maximum absolute atomic E-state index is 10.9. The van der Waals surface area contributed by atoms with Crippen molar-refractivity contribution in [2.75, 3.05) is 0 Å². The summed E-state index contributed by atoms with van der Waals surface area (Å²) in [5, 5.41) is 17.3. The van der Waals surface area contributed by atoms with Crippen molar-refractivity contribution in [2.24, 2.45) is 0 Å². The number of benzene rings is 1. The molecule has 1 rings (SSSR count). The van der Waals surface area contributed by atoms with E-state index in [0.717, 1.165) is 11.6 Å². The molecule has 0 aliphatic carbocycles. The van der Waals surface area contributed by atoms with Crippen molar-refractivity contribution in [3.8, 4) is 0 Å². The maximum Gasteiger partial charge on any atom is 0.335 e. The number of rotatable bonds is 5. The largest absolute Gasteiger partial charge is 0.478 e. The van der Waals surface area contributed by atoms with Crippen LogP contribution in [0.3, 0.4) is 0 Å². The molecule has 2 N–H and O–H groups in total. The van der Waals surface area contributed by atoms with Crippen molar-refractivity contribution in [3.63, 3.8) is 0 Å². The highest BCUT2D eigenvalue weighted by Crippen LogP contribution is 2.05. The van der Waals surface area contributed by atoms with Crippen LogP contribution in [0.1, 0.15) is 5.56 Å². The minimum absolute atomic E-state index is 0.0105. The van der Waals surface area contributed by atoms with Gasteiger partial charge in [-0.05, 0) is 17.7 Å². The Labute approximate surface area is 104 Å². The Morgan fingerprint density at radius 2 is 1.67 bits per heavy atom. The van der Waals surface area contributed by atoms with Crippen molar-refractivity contribution in [1.29, 1.82) is 0 Å². The molecule has 0 aliphatic rings. The second-order valence-corrected chi connectivity index (χ2v) is 3.37. The van der Waals surface area contributed by atoms with E-state index in [0.29, 0.717) is 0 Å². The monoisotopic (exact) mass is 244 g/mol. The molecule has 0 saturated carbocycles. The summed E-state index contributed by atoms with van der Waals surface area (Å²) in [7, 11) is 0. The highest BCUT2D eigenvalue weighted by molar-refractivity contribution is 5.92. The molecular weight excluding hydrogens is 232 g/mol. The van der Waals surface area contributed by atoms with Gasteiger partial charge in [-0.3, -0.25) is 0 Å². The first kappa shape index (κ1) is 13.4. The van der Waals surface area contributed by atoms with Crippen LogP contribution in [-0.2, 0) is 9.59 Å². The Morgan fingerprint density at radius 1 is 1.00 bits per heavy atom. The van der Waals surface area contributed by atoms with E-state index in [1.54, 1.807) is 6.08 Å². The Bertz CT molecular complexity index is 510. The number of aliphatic carboxylic acids is 2. The molecule has 0 spiro atoms. The smallest absolute Gasteiger partial charge is 0.335 e. The van der Waals surface area contributed by atoms with Gasteiger partial charge in [0.2, 0.25) is 0 Å². The lowest BCUT2D eigenvalue weighted by Gasteiger charge is -1.94. The molecule has 92 valence electrons. The van der Waals surface area contributed by atoms with Gasteiger partial charge in [0.15, 0.2) is 0 Å². The number of carbonyl (C=O) groups is 2. The average molecular weight is 244 g/mol. The predicted molar refractivity (Wildman–Crippen MR) is 68.0 cm³/mol. The number of hydrogen-bond acceptors (Lipinski definition) is 2. The topological polar surface area (TPSA) is 74.6 Å². The molecule has 0 saturated heterocycles. The lowest BCUT2D eigenvalue weighted by molar-refractivity contribution is -0.133. The van der Waals surface area contributed by atoms with Gasteiger partial charge in [0.25, 0.3) is 0 Å². The van der Waals surface area contributed by atoms with Crippen LogP contribution in [0.2, 0.25) is 0 Å². The summed E-state index contributed by atoms with van der Waals surface area (Å²) in [4.78, 5) is 21.1. The fourth-order valence-electron chi connectivity index (χ4n) is 1.18. The van der Waals surface area contributed by atoms with E-state index in [9.17, 15) is 9.59 Å². The van der Waals surface area contributed by atoms with Gasteiger partial charge >= 0.3 is 11.9 Å². The van der Waals surface area contributed by atoms with Crippen molar-refractivity contribution in [2.45, 2.75) is 0 Å². The molecule has 4 heteroatoms. The van der Waals surface area contributed by atoms with Crippen LogP contribution in [0.15, 0.2) is 60.2 Å². The standard InChI is InChI=1S/C14H12O4/c15-13(16)8-4-7-12(14(17)18)10-9-11-5-2-1-3-6-11/h1-10H,(H,15,16)(H,17,18)/b8-4+,10-9+,12-7+. The Balaban J connectivity index is 2.85. The Hall–Kier alpha value is -2.62. The third-order valence-electron chi connectivity index (χ3n) is 2.02. The lowest BCUT2D eigenvalue weighted by Crippen LogP contribution is -1.97. The van der Waals surface area contributed by atoms with E-state index in [1.807, 2.05) is 30.3 Å². The maximum atomic E-state index is 10.9. The highest BCUT2D eigenvalue weighted by atomic mass is 16.4. The van der Waals surface area contributed by atoms with Crippen molar-refractivity contribution < 1.29 is 19.8 Å². The third-order valence-corrected chi connectivity index (χ3v) is 2.02. The number of hydrogen-bond donors (Lipinski definition) is 2. The second-order valence-electron chi connectivity index (χ2n) is 3.37. The van der Waals surface area contributed by atoms with Crippen LogP contribution >= 0.6 is 0 Å². The van der Waals surface area contributed by atoms with E-state index in [4.69, 9.17) is 10.2 Å². The summed E-state index contributed by atoms with van der Waals surface area (Å²) in [5.74, 6) is -2.24. The number of allylic oxidation sites excluding steroid dienone is 2. The molecule has 18 heavy (non-hydrogen) atoms. The van der Waals surface area contributed by atoms with E-state index < -0.39 is 11.9 Å². The predicted octanol–water partition coefficient (Wildman–Crippen LogP) is 2.35. The Morgan fingerprint density at radius 3 is 2.22 bits per heavy atom. The molecular formula is C14H12O4. The first-order chi connectivity index (χ1) is 8.59. The fraction of sp³-hybridized carbons (Fsp3) is 0. The molecule has 0 radical (unpaired) electrons. The minimum atomic E-state index is -1.12. The lowest BCUT2D eigenvalue weighted by atomic mass is 10.1. The van der Waals surface area contributed by atoms with Crippen LogP contribution in [-0.4, -0.2) is 22.2 Å². The Kier molecular flexibility index (Phi) is 5.12. The summed E-state index contributed by atoms with van der Waals surface area (Å²) in [6, 6.07) is 9.22. The van der Waals surface area contributed by atoms with E-state index >= 15 is 0 Å². The van der Waals surface area contributed by atoms with E-state index in [1.165, 1.54) is 18.2 Å². The number of carboxylic acid groups (broad SMARTS) is 2. The van der Waals surface area contributed by atoms with Gasteiger partial charge in [-0.15, -0.1) is 0 Å². The summed E-state index contributed by atoms with van der Waals surface area (Å²) in [6.07, 6.45) is 6.36. The van der Waals surface area contributed by atoms with Gasteiger partial charge in [0.1, 0.15) is 0 Å². The van der Waals surface area contributed by atoms with Crippen LogP contribution in [0.4, 0.5) is 0 Å². The number of carboxylic acids is 2. The molecule has 0 atom stereocenters. The van der Waals surface area contributed by atoms with Crippen LogP contribution in [0, 0.1) is 0 Å². The third kappa shape index (κ3) is 4.94. The zero-order chi connectivity index (χ0) is 13.4. The summed E-state index contributed by atoms with van der Waals surface area (Å²) in [6.45, 7) is 0. The van der Waals surface area contributed by atoms with E-state index in [-0.39, 0.29) is 5.57 Å². The van der Waals surface area contributed by atoms with Crippen LogP contribution in [0.5, 0.6) is 0 Å². The first-order valence-electron chi connectivity index (χ1n) is 5.17. The zero-order valence-corrected chi connectivity index (χ0v) is 9.48. The van der Waals surface area contributed by atoms with Crippen LogP contribution in [0.25, 0.3) is 6.08 Å². The highest BCUT2D eigenvalue weighted by Gasteiger charge is 2.00. The molecule has 0 fully saturated rings. The molecule has 0 heterocycles. The van der Waals surface area contributed by atoms with Crippen molar-refractivity contribution in [3.05, 3.63) is 65.8 Å². The van der Waals surface area contributed by atoms with Gasteiger partial charge in [-0.25, -0.2) is 9.59 Å². The normalized spacial score (nSPS) is 12.1. The fourth-order valence-corrected chi connectivity index (χ4v) is 1.18. The molecule has 1 aromatic carbocycles. The minimum Gasteiger partial charge on any atom is -0.478 e. The quantitative estimate of drug-likeness (QED) is 0.616. The molecule has 0 aromatic heterocycles. The van der Waals surface area contributed by atoms with Gasteiger partial charge in [-0.2, -0.15) is 0 Å². The molecule has 0 unspecified atom stereocenters. The average Bonchev–Trinajstić information content (AvgIpc) is 2.34. The summed E-state index contributed by atoms with van der Waals surface area (Å²) >= 11 is 0. The van der Waals surface area contributed by atoms with Gasteiger partial charge in [0, 0.05) is 6.08 Å². The SMILES string of the molecule is O=C(O)/C=C/C=C(\C=C\c1ccccc1)C(=O)O. The zero-order valence-electron chi connectivity index (χ0n) is 9.48. The van der Waals surface area contributed by atoms with E-state index in [2.05, 4.69) is 0 Å². The summed E-state index contributed by atoms with van der Waals surface area (Å²) in [5.41, 5.74) is 0.878. The molecule has 0 aliphatic heterocycles. The molecule has 0 bridgehead atoms. The van der Waals surface area contributed by atoms with Gasteiger partial charge in [-0.1, -0.05) is 42.5 Å². The van der Waals surface area contributed by atoms with Crippen molar-refractivity contribution >= 4 is 18.0 Å². The molecule has 4 nitrogen and oxygen atoms in total. The van der Waals surface area contributed by atoms with Crippen molar-refractivity contribution in [1.82, 2.24) is 0 Å². The first-order valence-corrected chi connectivity index (χ1v) is 5.17. The van der Waals surface area contributed by atoms with Gasteiger partial charge < -0.3 is 10.2 Å². The summed E-state index contributed by atoms with van der Waals surface area (Å²) < 4.78 is 0. The molecule has 0 amide bonds. The second kappa shape index (κ2) is 6.85. The van der Waals surface area contributed by atoms with Gasteiger partial charge in [0.05, 0.1) is 5.57 Å². The molecule has 1 aromatic rings. The van der Waals surface area contributed by atoms with Crippen LogP contribution < -0.4 is 0 Å².